The molecule has 17 heavy (non-hydrogen) atoms. The molecule has 1 atom stereocenters. The van der Waals surface area contributed by atoms with E-state index in [4.69, 9.17) is 5.73 Å². The molecule has 0 spiro atoms. The van der Waals surface area contributed by atoms with Gasteiger partial charge in [-0.25, -0.2) is 9.97 Å². The second-order valence-electron chi connectivity index (χ2n) is 4.42. The molecule has 1 fully saturated rings. The van der Waals surface area contributed by atoms with Crippen LogP contribution < -0.4 is 11.1 Å². The predicted octanol–water partition coefficient (Wildman–Crippen LogP) is 1.79. The first-order valence-electron chi connectivity index (χ1n) is 5.64. The summed E-state index contributed by atoms with van der Waals surface area (Å²) in [6, 6.07) is 1.78. The Labute approximate surface area is 108 Å². The minimum atomic E-state index is -0.319. The average Bonchev–Trinajstić information content (AvgIpc) is 2.97. The lowest BCUT2D eigenvalue weighted by atomic mass is 10.2. The molecular weight excluding hydrogens is 284 g/mol. The van der Waals surface area contributed by atoms with E-state index in [-0.39, 0.29) is 11.9 Å². The number of amides is 1. The van der Waals surface area contributed by atoms with E-state index < -0.39 is 0 Å². The van der Waals surface area contributed by atoms with Gasteiger partial charge in [0, 0.05) is 24.4 Å². The third-order valence-corrected chi connectivity index (χ3v) is 2.96. The lowest BCUT2D eigenvalue weighted by molar-refractivity contribution is -0.118. The molecule has 1 aliphatic rings. The number of rotatable bonds is 5. The van der Waals surface area contributed by atoms with Crippen LogP contribution in [0.1, 0.15) is 37.9 Å². The Morgan fingerprint density at radius 1 is 1.65 bits per heavy atom. The largest absolute Gasteiger partial charge is 0.370 e. The van der Waals surface area contributed by atoms with Gasteiger partial charge in [-0.15, -0.1) is 0 Å². The van der Waals surface area contributed by atoms with Gasteiger partial charge >= 0.3 is 0 Å². The lowest BCUT2D eigenvalue weighted by Crippen LogP contribution is -2.24. The fourth-order valence-corrected chi connectivity index (χ4v) is 2.04. The highest BCUT2D eigenvalue weighted by molar-refractivity contribution is 9.10. The number of anilines is 1. The number of carbonyl (C=O) groups is 1. The maximum absolute atomic E-state index is 10.8. The molecule has 0 aliphatic heterocycles. The van der Waals surface area contributed by atoms with E-state index in [1.54, 1.807) is 0 Å². The Hall–Kier alpha value is -1.17. The monoisotopic (exact) mass is 298 g/mol. The summed E-state index contributed by atoms with van der Waals surface area (Å²) in [5.41, 5.74) is 5.14. The Morgan fingerprint density at radius 3 is 2.94 bits per heavy atom. The molecule has 3 N–H and O–H groups in total. The van der Waals surface area contributed by atoms with E-state index in [1.807, 2.05) is 13.0 Å². The van der Waals surface area contributed by atoms with Crippen molar-refractivity contribution in [3.63, 3.8) is 0 Å². The first-order valence-corrected chi connectivity index (χ1v) is 6.43. The number of carbonyl (C=O) groups excluding carboxylic acids is 1. The fraction of sp³-hybridized carbons (Fsp3) is 0.545. The quantitative estimate of drug-likeness (QED) is 0.812. The van der Waals surface area contributed by atoms with Gasteiger partial charge in [0.25, 0.3) is 0 Å². The molecule has 5 nitrogen and oxygen atoms in total. The number of aromatic nitrogens is 2. The van der Waals surface area contributed by atoms with E-state index >= 15 is 0 Å². The van der Waals surface area contributed by atoms with Gasteiger partial charge in [-0.2, -0.15) is 0 Å². The predicted molar refractivity (Wildman–Crippen MR) is 68.6 cm³/mol. The third kappa shape index (κ3) is 3.66. The minimum Gasteiger partial charge on any atom is -0.370 e. The zero-order chi connectivity index (χ0) is 12.4. The van der Waals surface area contributed by atoms with Crippen molar-refractivity contribution in [1.29, 1.82) is 0 Å². The normalized spacial score (nSPS) is 16.6. The van der Waals surface area contributed by atoms with Gasteiger partial charge in [-0.05, 0) is 35.7 Å². The summed E-state index contributed by atoms with van der Waals surface area (Å²) in [7, 11) is 0. The number of nitrogens with one attached hydrogen (secondary N) is 1. The summed E-state index contributed by atoms with van der Waals surface area (Å²) in [4.78, 5) is 19.6. The summed E-state index contributed by atoms with van der Waals surface area (Å²) < 4.78 is 0.767. The standard InChI is InChI=1S/C11H15BrN4O/c1-6(4-9(13)17)14-10-5-8(12)15-11(16-10)7-2-3-7/h5-7H,2-4H2,1H3,(H2,13,17)(H,14,15,16). The molecule has 1 unspecified atom stereocenters. The lowest BCUT2D eigenvalue weighted by Gasteiger charge is -2.13. The van der Waals surface area contributed by atoms with Crippen molar-refractivity contribution in [1.82, 2.24) is 9.97 Å². The van der Waals surface area contributed by atoms with Crippen LogP contribution in [0.4, 0.5) is 5.82 Å². The molecule has 92 valence electrons. The molecule has 1 aromatic heterocycles. The first kappa shape index (κ1) is 12.3. The third-order valence-electron chi connectivity index (χ3n) is 2.56. The van der Waals surface area contributed by atoms with Crippen molar-refractivity contribution in [2.24, 2.45) is 5.73 Å². The maximum Gasteiger partial charge on any atom is 0.219 e. The summed E-state index contributed by atoms with van der Waals surface area (Å²) in [6.45, 7) is 1.90. The molecule has 1 saturated carbocycles. The molecule has 0 aromatic carbocycles. The fourth-order valence-electron chi connectivity index (χ4n) is 1.64. The van der Waals surface area contributed by atoms with Crippen LogP contribution >= 0.6 is 15.9 Å². The molecule has 6 heteroatoms. The molecule has 1 aromatic rings. The molecule has 2 rings (SSSR count). The Morgan fingerprint density at radius 2 is 2.35 bits per heavy atom. The van der Waals surface area contributed by atoms with E-state index in [1.165, 1.54) is 0 Å². The number of nitrogens with two attached hydrogens (primary N) is 1. The Kier molecular flexibility index (Phi) is 3.61. The van der Waals surface area contributed by atoms with Gasteiger partial charge in [-0.1, -0.05) is 0 Å². The Bertz CT molecular complexity index is 433. The smallest absolute Gasteiger partial charge is 0.219 e. The van der Waals surface area contributed by atoms with Crippen molar-refractivity contribution in [3.8, 4) is 0 Å². The molecule has 0 bridgehead atoms. The van der Waals surface area contributed by atoms with Crippen LogP contribution in [0.2, 0.25) is 0 Å². The van der Waals surface area contributed by atoms with E-state index in [2.05, 4.69) is 31.2 Å². The topological polar surface area (TPSA) is 80.9 Å². The van der Waals surface area contributed by atoms with Crippen LogP contribution in [0, 0.1) is 0 Å². The summed E-state index contributed by atoms with van der Waals surface area (Å²) in [5, 5.41) is 3.16. The summed E-state index contributed by atoms with van der Waals surface area (Å²) in [6.07, 6.45) is 2.61. The van der Waals surface area contributed by atoms with Crippen LogP contribution in [0.5, 0.6) is 0 Å². The van der Waals surface area contributed by atoms with Crippen LogP contribution in [-0.4, -0.2) is 21.9 Å². The van der Waals surface area contributed by atoms with Crippen molar-refractivity contribution in [2.45, 2.75) is 38.1 Å². The van der Waals surface area contributed by atoms with Crippen molar-refractivity contribution in [2.75, 3.05) is 5.32 Å². The average molecular weight is 299 g/mol. The van der Waals surface area contributed by atoms with Crippen LogP contribution in [0.25, 0.3) is 0 Å². The van der Waals surface area contributed by atoms with Gasteiger partial charge in [0.15, 0.2) is 0 Å². The SMILES string of the molecule is CC(CC(N)=O)Nc1cc(Br)nc(C2CC2)n1. The van der Waals surface area contributed by atoms with Crippen molar-refractivity contribution >= 4 is 27.7 Å². The summed E-state index contributed by atoms with van der Waals surface area (Å²) in [5.74, 6) is 1.79. The number of primary amides is 1. The number of halogens is 1. The number of nitrogens with zero attached hydrogens (tertiary/aromatic N) is 2. The van der Waals surface area contributed by atoms with E-state index in [0.29, 0.717) is 12.3 Å². The second-order valence-corrected chi connectivity index (χ2v) is 5.24. The highest BCUT2D eigenvalue weighted by Crippen LogP contribution is 2.38. The van der Waals surface area contributed by atoms with Crippen molar-refractivity contribution < 1.29 is 4.79 Å². The zero-order valence-electron chi connectivity index (χ0n) is 9.61. The van der Waals surface area contributed by atoms with Crippen LogP contribution in [-0.2, 0) is 4.79 Å². The molecule has 1 amide bonds. The van der Waals surface area contributed by atoms with Gasteiger partial charge in [0.2, 0.25) is 5.91 Å². The van der Waals surface area contributed by atoms with Crippen LogP contribution in [0.3, 0.4) is 0 Å². The van der Waals surface area contributed by atoms with Gasteiger partial charge in [-0.3, -0.25) is 4.79 Å². The zero-order valence-corrected chi connectivity index (χ0v) is 11.2. The highest BCUT2D eigenvalue weighted by Gasteiger charge is 2.27. The first-order chi connectivity index (χ1) is 8.04. The molecule has 0 saturated heterocycles. The summed E-state index contributed by atoms with van der Waals surface area (Å²) >= 11 is 3.37. The number of hydrogen-bond acceptors (Lipinski definition) is 4. The highest BCUT2D eigenvalue weighted by atomic mass is 79.9. The molecule has 0 radical (unpaired) electrons. The second kappa shape index (κ2) is 5.00. The molecule has 1 aliphatic carbocycles. The van der Waals surface area contributed by atoms with E-state index in [0.717, 1.165) is 29.1 Å². The van der Waals surface area contributed by atoms with Crippen LogP contribution in [0.15, 0.2) is 10.7 Å². The Balaban J connectivity index is 2.06. The molecule has 1 heterocycles. The van der Waals surface area contributed by atoms with Crippen molar-refractivity contribution in [3.05, 3.63) is 16.5 Å². The molecular formula is C11H15BrN4O. The minimum absolute atomic E-state index is 0.0265. The van der Waals surface area contributed by atoms with Gasteiger partial charge in [0.1, 0.15) is 16.2 Å². The maximum atomic E-state index is 10.8. The van der Waals surface area contributed by atoms with Gasteiger partial charge in [0.05, 0.1) is 0 Å². The van der Waals surface area contributed by atoms with Gasteiger partial charge < -0.3 is 11.1 Å². The number of hydrogen-bond donors (Lipinski definition) is 2. The van der Waals surface area contributed by atoms with E-state index in [9.17, 15) is 4.79 Å².